The molecule has 0 spiro atoms. The second kappa shape index (κ2) is 6.22. The Labute approximate surface area is 91.3 Å². The Hall–Kier alpha value is -0.320. The van der Waals surface area contributed by atoms with Crippen molar-refractivity contribution in [1.29, 1.82) is 0 Å². The average molecular weight is 223 g/mol. The summed E-state index contributed by atoms with van der Waals surface area (Å²) in [7, 11) is 0. The fraction of sp³-hybridized carbons (Fsp3) is 0.889. The van der Waals surface area contributed by atoms with E-state index >= 15 is 0 Å². The summed E-state index contributed by atoms with van der Waals surface area (Å²) in [5.74, 6) is -0.724. The van der Waals surface area contributed by atoms with Gasteiger partial charge in [0, 0.05) is 32.2 Å². The zero-order chi connectivity index (χ0) is 9.84. The van der Waals surface area contributed by atoms with E-state index in [0.29, 0.717) is 6.04 Å². The van der Waals surface area contributed by atoms with Crippen molar-refractivity contribution >= 4 is 18.4 Å². The Morgan fingerprint density at radius 2 is 1.79 bits per heavy atom. The van der Waals surface area contributed by atoms with Crippen LogP contribution in [0.4, 0.5) is 0 Å². The van der Waals surface area contributed by atoms with Gasteiger partial charge in [0.2, 0.25) is 0 Å². The van der Waals surface area contributed by atoms with Crippen LogP contribution in [0.1, 0.15) is 13.8 Å². The molecule has 1 fully saturated rings. The van der Waals surface area contributed by atoms with Gasteiger partial charge >= 0.3 is 5.97 Å². The number of carboxylic acid groups (broad SMARTS) is 1. The van der Waals surface area contributed by atoms with E-state index in [1.807, 2.05) is 4.90 Å². The fourth-order valence-corrected chi connectivity index (χ4v) is 1.63. The van der Waals surface area contributed by atoms with Gasteiger partial charge in [0.1, 0.15) is 0 Å². The van der Waals surface area contributed by atoms with Crippen LogP contribution < -0.4 is 0 Å². The Bertz CT molecular complexity index is 180. The molecular weight excluding hydrogens is 204 g/mol. The Balaban J connectivity index is 0.00000169. The molecule has 1 saturated heterocycles. The van der Waals surface area contributed by atoms with Crippen molar-refractivity contribution in [2.45, 2.75) is 19.9 Å². The maximum Gasteiger partial charge on any atom is 0.317 e. The van der Waals surface area contributed by atoms with Crippen molar-refractivity contribution in [3.05, 3.63) is 0 Å². The lowest BCUT2D eigenvalue weighted by molar-refractivity contribution is -0.138. The molecule has 0 amide bonds. The topological polar surface area (TPSA) is 43.8 Å². The first-order valence-electron chi connectivity index (χ1n) is 4.78. The molecule has 5 heteroatoms. The van der Waals surface area contributed by atoms with Gasteiger partial charge in [0.25, 0.3) is 0 Å². The molecule has 0 aromatic carbocycles. The van der Waals surface area contributed by atoms with Gasteiger partial charge in [-0.15, -0.1) is 12.4 Å². The molecule has 1 aliphatic rings. The van der Waals surface area contributed by atoms with Crippen LogP contribution in [0.5, 0.6) is 0 Å². The highest BCUT2D eigenvalue weighted by molar-refractivity contribution is 5.85. The monoisotopic (exact) mass is 222 g/mol. The lowest BCUT2D eigenvalue weighted by atomic mass is 10.2. The lowest BCUT2D eigenvalue weighted by Gasteiger charge is -2.36. The molecule has 0 bridgehead atoms. The summed E-state index contributed by atoms with van der Waals surface area (Å²) in [6, 6.07) is 0.576. The van der Waals surface area contributed by atoms with Crippen molar-refractivity contribution in [2.24, 2.45) is 0 Å². The number of piperazine rings is 1. The summed E-state index contributed by atoms with van der Waals surface area (Å²) in [5.41, 5.74) is 0. The van der Waals surface area contributed by atoms with Crippen molar-refractivity contribution < 1.29 is 9.90 Å². The summed E-state index contributed by atoms with van der Waals surface area (Å²) in [5, 5.41) is 8.59. The van der Waals surface area contributed by atoms with E-state index < -0.39 is 5.97 Å². The minimum absolute atomic E-state index is 0. The highest BCUT2D eigenvalue weighted by atomic mass is 35.5. The van der Waals surface area contributed by atoms with Crippen LogP contribution in [-0.4, -0.2) is 59.6 Å². The molecule has 0 unspecified atom stereocenters. The zero-order valence-corrected chi connectivity index (χ0v) is 9.59. The van der Waals surface area contributed by atoms with Crippen molar-refractivity contribution in [2.75, 3.05) is 32.7 Å². The van der Waals surface area contributed by atoms with Crippen LogP contribution in [0.15, 0.2) is 0 Å². The number of rotatable bonds is 3. The summed E-state index contributed by atoms with van der Waals surface area (Å²) in [4.78, 5) is 14.8. The van der Waals surface area contributed by atoms with Crippen molar-refractivity contribution in [3.63, 3.8) is 0 Å². The third-order valence-electron chi connectivity index (χ3n) is 2.50. The highest BCUT2D eigenvalue weighted by Crippen LogP contribution is 2.04. The molecular formula is C9H19ClN2O2. The van der Waals surface area contributed by atoms with Crippen LogP contribution >= 0.6 is 12.4 Å². The molecule has 1 rings (SSSR count). The smallest absolute Gasteiger partial charge is 0.317 e. The average Bonchev–Trinajstić information content (AvgIpc) is 2.04. The molecule has 14 heavy (non-hydrogen) atoms. The molecule has 84 valence electrons. The predicted octanol–water partition coefficient (Wildman–Crippen LogP) is 0.519. The number of hydrogen-bond donors (Lipinski definition) is 1. The predicted molar refractivity (Wildman–Crippen MR) is 58.0 cm³/mol. The summed E-state index contributed by atoms with van der Waals surface area (Å²) >= 11 is 0. The zero-order valence-electron chi connectivity index (χ0n) is 8.77. The van der Waals surface area contributed by atoms with Gasteiger partial charge in [-0.2, -0.15) is 0 Å². The molecule has 1 aliphatic heterocycles. The minimum Gasteiger partial charge on any atom is -0.480 e. The van der Waals surface area contributed by atoms with E-state index in [4.69, 9.17) is 5.11 Å². The number of aliphatic carboxylic acids is 1. The third kappa shape index (κ3) is 4.26. The van der Waals surface area contributed by atoms with E-state index in [0.717, 1.165) is 26.2 Å². The fourth-order valence-electron chi connectivity index (χ4n) is 1.63. The van der Waals surface area contributed by atoms with Gasteiger partial charge in [-0.3, -0.25) is 14.6 Å². The SMILES string of the molecule is CC(C)N1CCN(CC(=O)O)CC1.Cl. The number of carboxylic acids is 1. The first-order chi connectivity index (χ1) is 6.09. The molecule has 0 saturated carbocycles. The van der Waals surface area contributed by atoms with E-state index in [2.05, 4.69) is 18.7 Å². The maximum atomic E-state index is 10.4. The number of hydrogen-bond acceptors (Lipinski definition) is 3. The second-order valence-corrected chi connectivity index (χ2v) is 3.80. The molecule has 4 nitrogen and oxygen atoms in total. The van der Waals surface area contributed by atoms with Gasteiger partial charge in [0.15, 0.2) is 0 Å². The molecule has 0 aromatic rings. The summed E-state index contributed by atoms with van der Waals surface area (Å²) in [6.07, 6.45) is 0. The molecule has 1 heterocycles. The van der Waals surface area contributed by atoms with Crippen molar-refractivity contribution in [1.82, 2.24) is 9.80 Å². The maximum absolute atomic E-state index is 10.4. The van der Waals surface area contributed by atoms with Crippen LogP contribution in [0.3, 0.4) is 0 Å². The molecule has 1 N–H and O–H groups in total. The van der Waals surface area contributed by atoms with Gasteiger partial charge in [-0.1, -0.05) is 0 Å². The second-order valence-electron chi connectivity index (χ2n) is 3.80. The Morgan fingerprint density at radius 3 is 2.14 bits per heavy atom. The normalized spacial score (nSPS) is 19.4. The van der Waals surface area contributed by atoms with Gasteiger partial charge in [-0.25, -0.2) is 0 Å². The van der Waals surface area contributed by atoms with Gasteiger partial charge in [-0.05, 0) is 13.8 Å². The Morgan fingerprint density at radius 1 is 1.29 bits per heavy atom. The largest absolute Gasteiger partial charge is 0.480 e. The van der Waals surface area contributed by atoms with E-state index in [1.54, 1.807) is 0 Å². The van der Waals surface area contributed by atoms with Crippen LogP contribution in [0, 0.1) is 0 Å². The quantitative estimate of drug-likeness (QED) is 0.756. The number of nitrogens with zero attached hydrogens (tertiary/aromatic N) is 2. The van der Waals surface area contributed by atoms with Gasteiger partial charge in [0.05, 0.1) is 6.54 Å². The number of halogens is 1. The van der Waals surface area contributed by atoms with Crippen molar-refractivity contribution in [3.8, 4) is 0 Å². The highest BCUT2D eigenvalue weighted by Gasteiger charge is 2.19. The van der Waals surface area contributed by atoms with Crippen LogP contribution in [0.2, 0.25) is 0 Å². The lowest BCUT2D eigenvalue weighted by Crippen LogP contribution is -2.49. The third-order valence-corrected chi connectivity index (χ3v) is 2.50. The Kier molecular flexibility index (Phi) is 6.08. The first kappa shape index (κ1) is 13.7. The van der Waals surface area contributed by atoms with Gasteiger partial charge < -0.3 is 5.11 Å². The van der Waals surface area contributed by atoms with Crippen LogP contribution in [0.25, 0.3) is 0 Å². The van der Waals surface area contributed by atoms with E-state index in [9.17, 15) is 4.79 Å². The van der Waals surface area contributed by atoms with Crippen LogP contribution in [-0.2, 0) is 4.79 Å². The summed E-state index contributed by atoms with van der Waals surface area (Å²) in [6.45, 7) is 8.27. The minimum atomic E-state index is -0.724. The molecule has 0 aliphatic carbocycles. The molecule has 0 atom stereocenters. The molecule has 0 aromatic heterocycles. The first-order valence-corrected chi connectivity index (χ1v) is 4.78. The summed E-state index contributed by atoms with van der Waals surface area (Å²) < 4.78 is 0. The number of carbonyl (C=O) groups is 1. The molecule has 0 radical (unpaired) electrons. The van der Waals surface area contributed by atoms with E-state index in [1.165, 1.54) is 0 Å². The standard InChI is InChI=1S/C9H18N2O2.ClH/c1-8(2)11-5-3-10(4-6-11)7-9(12)13;/h8H,3-7H2,1-2H3,(H,12,13);1H. The van der Waals surface area contributed by atoms with E-state index in [-0.39, 0.29) is 19.0 Å².